The van der Waals surface area contributed by atoms with Crippen LogP contribution >= 0.6 is 11.8 Å². The number of nitrogens with zero attached hydrogens (tertiary/aromatic N) is 2. The van der Waals surface area contributed by atoms with Crippen molar-refractivity contribution in [3.8, 4) is 28.5 Å². The summed E-state index contributed by atoms with van der Waals surface area (Å²) in [5, 5.41) is 10.4. The van der Waals surface area contributed by atoms with Crippen molar-refractivity contribution in [1.29, 1.82) is 5.26 Å². The van der Waals surface area contributed by atoms with E-state index in [9.17, 15) is 5.26 Å². The van der Waals surface area contributed by atoms with E-state index in [4.69, 9.17) is 4.98 Å². The van der Waals surface area contributed by atoms with Crippen LogP contribution in [-0.4, -0.2) is 10.7 Å². The molecule has 0 aliphatic heterocycles. The maximum absolute atomic E-state index is 9.65. The van der Waals surface area contributed by atoms with Crippen molar-refractivity contribution in [1.82, 2.24) is 4.98 Å². The molecule has 3 rings (SSSR count). The van der Waals surface area contributed by atoms with Crippen LogP contribution < -0.4 is 0 Å². The van der Waals surface area contributed by atoms with E-state index in [1.807, 2.05) is 66.7 Å². The number of thioether (sulfide) groups is 1. The predicted molar refractivity (Wildman–Crippen MR) is 96.2 cm³/mol. The molecule has 23 heavy (non-hydrogen) atoms. The number of nitriles is 1. The van der Waals surface area contributed by atoms with Crippen LogP contribution in [0.25, 0.3) is 22.4 Å². The van der Waals surface area contributed by atoms with Gasteiger partial charge in [-0.15, -0.1) is 11.8 Å². The topological polar surface area (TPSA) is 36.7 Å². The lowest BCUT2D eigenvalue weighted by atomic mass is 9.99. The summed E-state index contributed by atoms with van der Waals surface area (Å²) in [6.07, 6.45) is 0. The van der Waals surface area contributed by atoms with Crippen LogP contribution in [0.15, 0.2) is 71.8 Å². The number of aromatic nitrogens is 1. The predicted octanol–water partition coefficient (Wildman–Crippen LogP) is 5.40. The van der Waals surface area contributed by atoms with E-state index in [2.05, 4.69) is 13.0 Å². The Balaban J connectivity index is 2.25. The molecule has 0 radical (unpaired) electrons. The molecule has 0 fully saturated rings. The maximum atomic E-state index is 9.65. The lowest BCUT2D eigenvalue weighted by molar-refractivity contribution is 1.12. The first-order valence-electron chi connectivity index (χ1n) is 7.52. The van der Waals surface area contributed by atoms with Gasteiger partial charge in [-0.2, -0.15) is 5.26 Å². The Kier molecular flexibility index (Phi) is 4.75. The van der Waals surface area contributed by atoms with Crippen LogP contribution in [0, 0.1) is 11.3 Å². The van der Waals surface area contributed by atoms with Crippen molar-refractivity contribution in [3.05, 3.63) is 72.3 Å². The Morgan fingerprint density at radius 1 is 0.957 bits per heavy atom. The summed E-state index contributed by atoms with van der Waals surface area (Å²) in [6.45, 7) is 2.07. The van der Waals surface area contributed by atoms with Gasteiger partial charge >= 0.3 is 0 Å². The third-order valence-electron chi connectivity index (χ3n) is 3.53. The summed E-state index contributed by atoms with van der Waals surface area (Å²) in [7, 11) is 0. The summed E-state index contributed by atoms with van der Waals surface area (Å²) in [5.41, 5.74) is 4.61. The van der Waals surface area contributed by atoms with Gasteiger partial charge in [0.05, 0.1) is 11.3 Å². The Hall–Kier alpha value is -2.57. The quantitative estimate of drug-likeness (QED) is 0.605. The Morgan fingerprint density at radius 3 is 2.13 bits per heavy atom. The molecule has 0 bridgehead atoms. The highest BCUT2D eigenvalue weighted by molar-refractivity contribution is 7.99. The molecule has 0 saturated carbocycles. The van der Waals surface area contributed by atoms with Gasteiger partial charge < -0.3 is 0 Å². The smallest absolute Gasteiger partial charge is 0.115 e. The van der Waals surface area contributed by atoms with Crippen molar-refractivity contribution >= 4 is 11.8 Å². The summed E-state index contributed by atoms with van der Waals surface area (Å²) >= 11 is 1.61. The molecule has 3 aromatic rings. The maximum Gasteiger partial charge on any atom is 0.115 e. The highest BCUT2D eigenvalue weighted by Crippen LogP contribution is 2.33. The highest BCUT2D eigenvalue weighted by Gasteiger charge is 2.15. The van der Waals surface area contributed by atoms with Gasteiger partial charge in [0.1, 0.15) is 11.1 Å². The van der Waals surface area contributed by atoms with E-state index in [1.54, 1.807) is 11.8 Å². The van der Waals surface area contributed by atoms with Crippen molar-refractivity contribution in [2.45, 2.75) is 11.9 Å². The number of hydrogen-bond acceptors (Lipinski definition) is 3. The number of benzene rings is 2. The van der Waals surface area contributed by atoms with Gasteiger partial charge in [0.25, 0.3) is 0 Å². The van der Waals surface area contributed by atoms with Crippen molar-refractivity contribution < 1.29 is 0 Å². The molecule has 0 spiro atoms. The molecule has 0 unspecified atom stereocenters. The molecule has 3 heteroatoms. The Labute approximate surface area is 140 Å². The fourth-order valence-electron chi connectivity index (χ4n) is 2.47. The minimum Gasteiger partial charge on any atom is -0.240 e. The third kappa shape index (κ3) is 3.28. The van der Waals surface area contributed by atoms with E-state index in [1.165, 1.54) is 0 Å². The molecule has 0 aliphatic rings. The molecule has 0 aliphatic carbocycles. The van der Waals surface area contributed by atoms with Gasteiger partial charge in [0.2, 0.25) is 0 Å². The summed E-state index contributed by atoms with van der Waals surface area (Å²) in [5.74, 6) is 0.883. The molecule has 112 valence electrons. The van der Waals surface area contributed by atoms with E-state index >= 15 is 0 Å². The average molecular weight is 316 g/mol. The Morgan fingerprint density at radius 2 is 1.57 bits per heavy atom. The molecule has 2 aromatic carbocycles. The minimum absolute atomic E-state index is 0.655. The SMILES string of the molecule is CCSc1nc(-c2ccccc2)cc(-c2ccccc2)c1C#N. The zero-order valence-corrected chi connectivity index (χ0v) is 13.7. The number of pyridine rings is 1. The molecule has 0 atom stereocenters. The van der Waals surface area contributed by atoms with Crippen molar-refractivity contribution in [2.24, 2.45) is 0 Å². The molecule has 1 heterocycles. The molecule has 0 saturated heterocycles. The van der Waals surface area contributed by atoms with Gasteiger partial charge in [0.15, 0.2) is 0 Å². The van der Waals surface area contributed by atoms with Crippen molar-refractivity contribution in [3.63, 3.8) is 0 Å². The lowest BCUT2D eigenvalue weighted by Crippen LogP contribution is -1.95. The lowest BCUT2D eigenvalue weighted by Gasteiger charge is -2.12. The second kappa shape index (κ2) is 7.13. The van der Waals surface area contributed by atoms with Crippen LogP contribution in [-0.2, 0) is 0 Å². The second-order valence-corrected chi connectivity index (χ2v) is 6.26. The van der Waals surface area contributed by atoms with Gasteiger partial charge in [0, 0.05) is 11.1 Å². The monoisotopic (exact) mass is 316 g/mol. The van der Waals surface area contributed by atoms with Crippen LogP contribution in [0.4, 0.5) is 0 Å². The summed E-state index contributed by atoms with van der Waals surface area (Å²) in [4.78, 5) is 4.73. The fourth-order valence-corrected chi connectivity index (χ4v) is 3.21. The molecular weight excluding hydrogens is 300 g/mol. The number of rotatable bonds is 4. The molecule has 0 amide bonds. The molecule has 0 N–H and O–H groups in total. The van der Waals surface area contributed by atoms with Crippen LogP contribution in [0.3, 0.4) is 0 Å². The minimum atomic E-state index is 0.655. The molecular formula is C20H16N2S. The largest absolute Gasteiger partial charge is 0.240 e. The van der Waals surface area contributed by atoms with E-state index in [-0.39, 0.29) is 0 Å². The molecule has 1 aromatic heterocycles. The van der Waals surface area contributed by atoms with Gasteiger partial charge in [-0.1, -0.05) is 67.6 Å². The van der Waals surface area contributed by atoms with Gasteiger partial charge in [-0.05, 0) is 17.4 Å². The van der Waals surface area contributed by atoms with Crippen LogP contribution in [0.1, 0.15) is 12.5 Å². The van der Waals surface area contributed by atoms with Crippen molar-refractivity contribution in [2.75, 3.05) is 5.75 Å². The highest BCUT2D eigenvalue weighted by atomic mass is 32.2. The van der Waals surface area contributed by atoms with E-state index < -0.39 is 0 Å². The van der Waals surface area contributed by atoms with E-state index in [0.717, 1.165) is 33.2 Å². The molecule has 2 nitrogen and oxygen atoms in total. The van der Waals surface area contributed by atoms with Gasteiger partial charge in [-0.3, -0.25) is 0 Å². The van der Waals surface area contributed by atoms with Gasteiger partial charge in [-0.25, -0.2) is 4.98 Å². The standard InChI is InChI=1S/C20H16N2S/c1-2-23-20-18(14-21)17(15-9-5-3-6-10-15)13-19(22-20)16-11-7-4-8-12-16/h3-13H,2H2,1H3. The first-order chi connectivity index (χ1) is 11.3. The average Bonchev–Trinajstić information content (AvgIpc) is 2.63. The fraction of sp³-hybridized carbons (Fsp3) is 0.100. The summed E-state index contributed by atoms with van der Waals surface area (Å²) < 4.78 is 0. The first kappa shape index (κ1) is 15.3. The Bertz CT molecular complexity index is 837. The third-order valence-corrected chi connectivity index (χ3v) is 4.39. The van der Waals surface area contributed by atoms with E-state index in [0.29, 0.717) is 5.56 Å². The van der Waals surface area contributed by atoms with Crippen LogP contribution in [0.5, 0.6) is 0 Å². The second-order valence-electron chi connectivity index (χ2n) is 5.01. The zero-order valence-electron chi connectivity index (χ0n) is 12.9. The first-order valence-corrected chi connectivity index (χ1v) is 8.51. The summed E-state index contributed by atoms with van der Waals surface area (Å²) in [6, 6.07) is 24.5. The van der Waals surface area contributed by atoms with Crippen LogP contribution in [0.2, 0.25) is 0 Å². The normalized spacial score (nSPS) is 10.3. The zero-order chi connectivity index (χ0) is 16.1. The number of hydrogen-bond donors (Lipinski definition) is 0.